The highest BCUT2D eigenvalue weighted by molar-refractivity contribution is 5.86. The molecule has 0 radical (unpaired) electrons. The molecule has 10 heteroatoms. The molecule has 1 unspecified atom stereocenters. The molecule has 0 aliphatic carbocycles. The van der Waals surface area contributed by atoms with E-state index in [0.29, 0.717) is 19.0 Å². The maximum atomic E-state index is 13.6. The monoisotopic (exact) mass is 442 g/mol. The number of hydrogen-bond donors (Lipinski definition) is 2. The summed E-state index contributed by atoms with van der Waals surface area (Å²) >= 11 is 0. The second kappa shape index (κ2) is 11.9. The van der Waals surface area contributed by atoms with Crippen LogP contribution in [-0.2, 0) is 19.1 Å². The molecule has 1 aromatic heterocycles. The summed E-state index contributed by atoms with van der Waals surface area (Å²) < 4.78 is 25.5. The normalized spacial score (nSPS) is 21.7. The molecule has 1 aliphatic heterocycles. The molecule has 31 heavy (non-hydrogen) atoms. The molecule has 2 rings (SSSR count). The summed E-state index contributed by atoms with van der Waals surface area (Å²) in [5.41, 5.74) is -2.08. The molecule has 2 heterocycles. The number of aromatic nitrogens is 2. The number of carbonyl (C=O) groups is 2. The van der Waals surface area contributed by atoms with Gasteiger partial charge in [0.2, 0.25) is 5.82 Å². The third-order valence-electron chi connectivity index (χ3n) is 5.26. The van der Waals surface area contributed by atoms with Crippen LogP contribution in [0.4, 0.5) is 4.39 Å². The number of ketones is 1. The van der Waals surface area contributed by atoms with Crippen molar-refractivity contribution in [1.82, 2.24) is 9.55 Å². The van der Waals surface area contributed by atoms with E-state index in [0.717, 1.165) is 30.3 Å². The number of ether oxygens (including phenoxy) is 2. The van der Waals surface area contributed by atoms with E-state index in [1.165, 1.54) is 0 Å². The summed E-state index contributed by atoms with van der Waals surface area (Å²) in [4.78, 5) is 50.1. The zero-order valence-corrected chi connectivity index (χ0v) is 18.0. The minimum absolute atomic E-state index is 0.137. The van der Waals surface area contributed by atoms with Gasteiger partial charge in [0.1, 0.15) is 12.3 Å². The predicted molar refractivity (Wildman–Crippen MR) is 109 cm³/mol. The average Bonchev–Trinajstić information content (AvgIpc) is 3.10. The van der Waals surface area contributed by atoms with Gasteiger partial charge in [-0.1, -0.05) is 39.5 Å². The lowest BCUT2D eigenvalue weighted by Crippen LogP contribution is -2.43. The van der Waals surface area contributed by atoms with Crippen LogP contribution in [0.5, 0.6) is 0 Å². The van der Waals surface area contributed by atoms with Gasteiger partial charge in [0, 0.05) is 19.3 Å². The molecular weight excluding hydrogens is 411 g/mol. The van der Waals surface area contributed by atoms with Crippen LogP contribution in [0.25, 0.3) is 0 Å². The van der Waals surface area contributed by atoms with E-state index in [1.807, 2.05) is 18.8 Å². The maximum Gasteiger partial charge on any atom is 0.330 e. The number of hydrogen-bond acceptors (Lipinski definition) is 7. The summed E-state index contributed by atoms with van der Waals surface area (Å²) in [7, 11) is 0. The Morgan fingerprint density at radius 3 is 2.52 bits per heavy atom. The van der Waals surface area contributed by atoms with Crippen LogP contribution in [0.3, 0.4) is 0 Å². The van der Waals surface area contributed by atoms with Crippen molar-refractivity contribution in [1.29, 1.82) is 0 Å². The first-order chi connectivity index (χ1) is 14.8. The van der Waals surface area contributed by atoms with E-state index in [2.05, 4.69) is 0 Å². The van der Waals surface area contributed by atoms with Gasteiger partial charge in [-0.3, -0.25) is 23.9 Å². The van der Waals surface area contributed by atoms with Crippen molar-refractivity contribution < 1.29 is 28.6 Å². The summed E-state index contributed by atoms with van der Waals surface area (Å²) in [6, 6.07) is 0. The van der Waals surface area contributed by atoms with Crippen molar-refractivity contribution in [2.75, 3.05) is 0 Å². The molecule has 4 atom stereocenters. The number of halogens is 1. The van der Waals surface area contributed by atoms with Crippen molar-refractivity contribution in [3.63, 3.8) is 0 Å². The predicted octanol–water partition coefficient (Wildman–Crippen LogP) is 1.97. The Hall–Kier alpha value is -2.33. The summed E-state index contributed by atoms with van der Waals surface area (Å²) in [5, 5.41) is 10.5. The Labute approximate surface area is 179 Å². The number of nitrogens with zero attached hydrogens (tertiary/aromatic N) is 1. The van der Waals surface area contributed by atoms with Crippen LogP contribution in [-0.4, -0.2) is 44.7 Å². The van der Waals surface area contributed by atoms with Crippen LogP contribution in [0, 0.1) is 5.82 Å². The summed E-state index contributed by atoms with van der Waals surface area (Å²) in [6.07, 6.45) is 0.701. The first kappa shape index (κ1) is 24.9. The zero-order chi connectivity index (χ0) is 23.0. The molecule has 9 nitrogen and oxygen atoms in total. The molecule has 0 bridgehead atoms. The third-order valence-corrected chi connectivity index (χ3v) is 5.26. The van der Waals surface area contributed by atoms with Gasteiger partial charge in [-0.15, -0.1) is 0 Å². The van der Waals surface area contributed by atoms with Gasteiger partial charge in [0.15, 0.2) is 11.9 Å². The highest BCUT2D eigenvalue weighted by atomic mass is 19.1. The second-order valence-corrected chi connectivity index (χ2v) is 7.79. The highest BCUT2D eigenvalue weighted by Gasteiger charge is 2.45. The van der Waals surface area contributed by atoms with Gasteiger partial charge in [0.05, 0.1) is 12.3 Å². The molecule has 0 spiro atoms. The van der Waals surface area contributed by atoms with Crippen LogP contribution in [0.15, 0.2) is 15.8 Å². The maximum absolute atomic E-state index is 13.6. The highest BCUT2D eigenvalue weighted by Crippen LogP contribution is 2.31. The lowest BCUT2D eigenvalue weighted by molar-refractivity contribution is -0.169. The Morgan fingerprint density at radius 1 is 1.23 bits per heavy atom. The molecular formula is C21H31FN2O7. The molecule has 0 aromatic carbocycles. The Balaban J connectivity index is 2.18. The zero-order valence-electron chi connectivity index (χ0n) is 18.0. The molecule has 174 valence electrons. The van der Waals surface area contributed by atoms with Gasteiger partial charge in [-0.25, -0.2) is 4.79 Å². The number of Topliss-reactive ketones (excluding diaryl/α,β-unsaturated/α-hetero) is 1. The van der Waals surface area contributed by atoms with Gasteiger partial charge >= 0.3 is 11.7 Å². The molecule has 1 aliphatic rings. The van der Waals surface area contributed by atoms with Crippen molar-refractivity contribution in [2.45, 2.75) is 96.2 Å². The fraction of sp³-hybridized carbons (Fsp3) is 0.714. The van der Waals surface area contributed by atoms with Gasteiger partial charge in [0.25, 0.3) is 5.56 Å². The van der Waals surface area contributed by atoms with Crippen molar-refractivity contribution in [3.8, 4) is 0 Å². The number of esters is 1. The Bertz CT molecular complexity index is 866. The van der Waals surface area contributed by atoms with Crippen molar-refractivity contribution >= 4 is 11.8 Å². The molecule has 0 saturated carbocycles. The fourth-order valence-corrected chi connectivity index (χ4v) is 3.52. The molecule has 1 aromatic rings. The Kier molecular flexibility index (Phi) is 9.57. The average molecular weight is 442 g/mol. The van der Waals surface area contributed by atoms with Crippen LogP contribution < -0.4 is 11.2 Å². The number of aliphatic hydroxyl groups excluding tert-OH is 1. The van der Waals surface area contributed by atoms with Crippen LogP contribution >= 0.6 is 0 Å². The smallest absolute Gasteiger partial charge is 0.330 e. The number of rotatable bonds is 12. The summed E-state index contributed by atoms with van der Waals surface area (Å²) in [5.74, 6) is -2.12. The van der Waals surface area contributed by atoms with Crippen molar-refractivity contribution in [3.05, 3.63) is 32.9 Å². The van der Waals surface area contributed by atoms with Gasteiger partial charge in [-0.2, -0.15) is 4.39 Å². The van der Waals surface area contributed by atoms with E-state index < -0.39 is 47.6 Å². The third kappa shape index (κ3) is 6.83. The number of carbonyl (C=O) groups excluding carboxylic acids is 2. The van der Waals surface area contributed by atoms with Gasteiger partial charge in [-0.05, 0) is 12.8 Å². The number of nitrogens with one attached hydrogen (secondary N) is 1. The first-order valence-corrected chi connectivity index (χ1v) is 10.8. The first-order valence-electron chi connectivity index (χ1n) is 10.8. The van der Waals surface area contributed by atoms with E-state index in [-0.39, 0.29) is 25.0 Å². The van der Waals surface area contributed by atoms with E-state index in [1.54, 1.807) is 0 Å². The van der Waals surface area contributed by atoms with Crippen LogP contribution in [0.2, 0.25) is 0 Å². The fourth-order valence-electron chi connectivity index (χ4n) is 3.52. The minimum Gasteiger partial charge on any atom is -0.451 e. The molecule has 0 amide bonds. The largest absolute Gasteiger partial charge is 0.451 e. The molecule has 2 N–H and O–H groups in total. The minimum atomic E-state index is -1.32. The van der Waals surface area contributed by atoms with Crippen molar-refractivity contribution in [2.24, 2.45) is 0 Å². The topological polar surface area (TPSA) is 128 Å². The lowest BCUT2D eigenvalue weighted by Gasteiger charge is -2.25. The number of unbranched alkanes of at least 4 members (excludes halogenated alkanes) is 4. The van der Waals surface area contributed by atoms with E-state index >= 15 is 0 Å². The quantitative estimate of drug-likeness (QED) is 0.374. The number of H-pyrrole nitrogens is 1. The SMILES string of the molecule is CCCCCC(=O)OC(C(=O)CCCCC)[C@H]1O[C@@H](n2cc(F)c(=O)[nH]c2=O)C[C@@H]1O. The number of aliphatic hydroxyl groups is 1. The van der Waals surface area contributed by atoms with Gasteiger partial charge < -0.3 is 14.6 Å². The summed E-state index contributed by atoms with van der Waals surface area (Å²) in [6.45, 7) is 3.99. The molecule has 1 saturated heterocycles. The van der Waals surface area contributed by atoms with E-state index in [9.17, 15) is 28.7 Å². The van der Waals surface area contributed by atoms with Crippen LogP contribution in [0.1, 0.15) is 77.9 Å². The Morgan fingerprint density at radius 2 is 1.87 bits per heavy atom. The lowest BCUT2D eigenvalue weighted by atomic mass is 9.99. The number of aromatic amines is 1. The second-order valence-electron chi connectivity index (χ2n) is 7.79. The van der Waals surface area contributed by atoms with E-state index in [4.69, 9.17) is 9.47 Å². The standard InChI is InChI=1S/C21H31FN2O7/c1-3-5-7-9-14(25)18(31-17(27)10-8-6-4-2)19-15(26)11-16(30-19)24-12-13(22)20(28)23-21(24)29/h12,15-16,18-19,26H,3-11H2,1-2H3,(H,23,28,29)/t15-,16+,18?,19-/m0/s1. The molecule has 1 fully saturated rings.